The molecule has 2 aromatic carbocycles. The molecule has 0 spiro atoms. The van der Waals surface area contributed by atoms with Gasteiger partial charge in [0.15, 0.2) is 0 Å². The molecular formula is C15H18N2. The molecule has 1 saturated heterocycles. The summed E-state index contributed by atoms with van der Waals surface area (Å²) in [4.78, 5) is 0. The monoisotopic (exact) mass is 226 g/mol. The molecule has 1 aliphatic rings. The molecule has 0 aliphatic carbocycles. The molecule has 2 aromatic rings. The van der Waals surface area contributed by atoms with Gasteiger partial charge in [-0.25, -0.2) is 0 Å². The number of rotatable bonds is 2. The number of hydrogen-bond acceptors (Lipinski definition) is 2. The third-order valence-electron chi connectivity index (χ3n) is 3.73. The maximum atomic E-state index is 6.28. The van der Waals surface area contributed by atoms with E-state index in [0.29, 0.717) is 5.92 Å². The third kappa shape index (κ3) is 1.94. The molecule has 3 N–H and O–H groups in total. The minimum atomic E-state index is 0.168. The number of benzene rings is 2. The molecule has 17 heavy (non-hydrogen) atoms. The molecule has 0 amide bonds. The van der Waals surface area contributed by atoms with E-state index in [2.05, 4.69) is 48.6 Å². The van der Waals surface area contributed by atoms with Crippen LogP contribution in [-0.2, 0) is 0 Å². The van der Waals surface area contributed by atoms with Crippen molar-refractivity contribution in [2.75, 3.05) is 13.1 Å². The van der Waals surface area contributed by atoms with Crippen molar-refractivity contribution in [2.45, 2.75) is 13.0 Å². The Labute approximate surface area is 102 Å². The van der Waals surface area contributed by atoms with Crippen molar-refractivity contribution in [1.82, 2.24) is 5.32 Å². The van der Waals surface area contributed by atoms with Crippen LogP contribution >= 0.6 is 0 Å². The fraction of sp³-hybridized carbons (Fsp3) is 0.333. The summed E-state index contributed by atoms with van der Waals surface area (Å²) in [6.45, 7) is 4.22. The number of nitrogens with two attached hydrogens (primary N) is 1. The van der Waals surface area contributed by atoms with Crippen LogP contribution in [0.5, 0.6) is 0 Å². The molecule has 1 fully saturated rings. The molecule has 88 valence electrons. The highest BCUT2D eigenvalue weighted by atomic mass is 15.0. The Kier molecular flexibility index (Phi) is 2.61. The van der Waals surface area contributed by atoms with E-state index in [1.807, 2.05) is 0 Å². The van der Waals surface area contributed by atoms with Gasteiger partial charge < -0.3 is 11.1 Å². The van der Waals surface area contributed by atoms with Crippen molar-refractivity contribution < 1.29 is 0 Å². The van der Waals surface area contributed by atoms with E-state index < -0.39 is 0 Å². The minimum Gasteiger partial charge on any atom is -0.324 e. The fourth-order valence-electron chi connectivity index (χ4n) is 2.43. The highest BCUT2D eigenvalue weighted by molar-refractivity contribution is 5.83. The van der Waals surface area contributed by atoms with Gasteiger partial charge in [0.05, 0.1) is 0 Å². The Balaban J connectivity index is 1.98. The van der Waals surface area contributed by atoms with Gasteiger partial charge in [-0.1, -0.05) is 35.9 Å². The van der Waals surface area contributed by atoms with Crippen LogP contribution in [0.25, 0.3) is 10.8 Å². The van der Waals surface area contributed by atoms with E-state index >= 15 is 0 Å². The summed E-state index contributed by atoms with van der Waals surface area (Å²) < 4.78 is 0. The van der Waals surface area contributed by atoms with E-state index in [-0.39, 0.29) is 6.04 Å². The summed E-state index contributed by atoms with van der Waals surface area (Å²) in [7, 11) is 0. The molecule has 0 saturated carbocycles. The zero-order chi connectivity index (χ0) is 11.8. The van der Waals surface area contributed by atoms with Gasteiger partial charge in [0.2, 0.25) is 0 Å². The maximum absolute atomic E-state index is 6.28. The van der Waals surface area contributed by atoms with E-state index in [9.17, 15) is 0 Å². The summed E-state index contributed by atoms with van der Waals surface area (Å²) in [5, 5.41) is 5.86. The quantitative estimate of drug-likeness (QED) is 0.825. The molecule has 1 aliphatic heterocycles. The lowest BCUT2D eigenvalue weighted by Crippen LogP contribution is -2.47. The first-order valence-electron chi connectivity index (χ1n) is 6.21. The number of hydrogen-bond donors (Lipinski definition) is 2. The normalized spacial score (nSPS) is 18.0. The molecule has 0 bridgehead atoms. The first-order valence-corrected chi connectivity index (χ1v) is 6.21. The van der Waals surface area contributed by atoms with E-state index in [1.165, 1.54) is 21.9 Å². The van der Waals surface area contributed by atoms with Gasteiger partial charge in [-0.05, 0) is 29.3 Å². The van der Waals surface area contributed by atoms with Crippen molar-refractivity contribution >= 4 is 10.8 Å². The van der Waals surface area contributed by atoms with E-state index in [4.69, 9.17) is 5.73 Å². The summed E-state index contributed by atoms with van der Waals surface area (Å²) in [5.74, 6) is 0.595. The first-order chi connectivity index (χ1) is 8.24. The largest absolute Gasteiger partial charge is 0.324 e. The predicted octanol–water partition coefficient (Wildman–Crippen LogP) is 2.37. The standard InChI is InChI=1S/C15H18N2/c1-10-2-3-12-7-13(5-4-11(12)6-10)15(16)14-8-17-9-14/h2-7,14-15,17H,8-9,16H2,1H3. The predicted molar refractivity (Wildman–Crippen MR) is 72.0 cm³/mol. The summed E-state index contributed by atoms with van der Waals surface area (Å²) in [6.07, 6.45) is 0. The molecule has 1 atom stereocenters. The highest BCUT2D eigenvalue weighted by Gasteiger charge is 2.25. The second-order valence-electron chi connectivity index (χ2n) is 5.05. The molecule has 2 heteroatoms. The summed E-state index contributed by atoms with van der Waals surface area (Å²) in [5.41, 5.74) is 8.84. The number of fused-ring (bicyclic) bond motifs is 1. The van der Waals surface area contributed by atoms with Gasteiger partial charge in [-0.3, -0.25) is 0 Å². The lowest BCUT2D eigenvalue weighted by atomic mass is 9.88. The van der Waals surface area contributed by atoms with Crippen LogP contribution in [-0.4, -0.2) is 13.1 Å². The van der Waals surface area contributed by atoms with Crippen LogP contribution in [0.3, 0.4) is 0 Å². The van der Waals surface area contributed by atoms with Gasteiger partial charge in [0, 0.05) is 25.0 Å². The number of aryl methyl sites for hydroxylation is 1. The van der Waals surface area contributed by atoms with Crippen molar-refractivity contribution in [3.05, 3.63) is 47.5 Å². The first kappa shape index (κ1) is 10.8. The molecule has 3 rings (SSSR count). The van der Waals surface area contributed by atoms with Crippen LogP contribution in [0.4, 0.5) is 0 Å². The fourth-order valence-corrected chi connectivity index (χ4v) is 2.43. The van der Waals surface area contributed by atoms with Crippen LogP contribution in [0.1, 0.15) is 17.2 Å². The minimum absolute atomic E-state index is 0.168. The molecule has 1 unspecified atom stereocenters. The lowest BCUT2D eigenvalue weighted by molar-refractivity contribution is 0.295. The van der Waals surface area contributed by atoms with Gasteiger partial charge in [-0.15, -0.1) is 0 Å². The van der Waals surface area contributed by atoms with Crippen LogP contribution in [0.2, 0.25) is 0 Å². The van der Waals surface area contributed by atoms with Crippen molar-refractivity contribution in [3.8, 4) is 0 Å². The van der Waals surface area contributed by atoms with Gasteiger partial charge in [-0.2, -0.15) is 0 Å². The second-order valence-corrected chi connectivity index (χ2v) is 5.05. The summed E-state index contributed by atoms with van der Waals surface area (Å²) >= 11 is 0. The zero-order valence-electron chi connectivity index (χ0n) is 10.1. The molecule has 0 aromatic heterocycles. The van der Waals surface area contributed by atoms with Crippen LogP contribution < -0.4 is 11.1 Å². The second kappa shape index (κ2) is 4.13. The molecule has 2 nitrogen and oxygen atoms in total. The average molecular weight is 226 g/mol. The van der Waals surface area contributed by atoms with Gasteiger partial charge in [0.1, 0.15) is 0 Å². The Hall–Kier alpha value is -1.38. The zero-order valence-corrected chi connectivity index (χ0v) is 10.1. The van der Waals surface area contributed by atoms with E-state index in [1.54, 1.807) is 0 Å². The lowest BCUT2D eigenvalue weighted by Gasteiger charge is -2.32. The Morgan fingerprint density at radius 1 is 1.12 bits per heavy atom. The van der Waals surface area contributed by atoms with Crippen LogP contribution in [0.15, 0.2) is 36.4 Å². The average Bonchev–Trinajstić information content (AvgIpc) is 2.26. The molecule has 0 radical (unpaired) electrons. The van der Waals surface area contributed by atoms with Crippen molar-refractivity contribution in [3.63, 3.8) is 0 Å². The Morgan fingerprint density at radius 2 is 1.82 bits per heavy atom. The Bertz CT molecular complexity index is 544. The SMILES string of the molecule is Cc1ccc2cc(C(N)C3CNC3)ccc2c1. The summed E-state index contributed by atoms with van der Waals surface area (Å²) in [6, 6.07) is 13.3. The molecule has 1 heterocycles. The van der Waals surface area contributed by atoms with Gasteiger partial charge >= 0.3 is 0 Å². The topological polar surface area (TPSA) is 38.0 Å². The maximum Gasteiger partial charge on any atom is 0.0348 e. The smallest absolute Gasteiger partial charge is 0.0348 e. The van der Waals surface area contributed by atoms with Gasteiger partial charge in [0.25, 0.3) is 0 Å². The van der Waals surface area contributed by atoms with Crippen LogP contribution in [0, 0.1) is 12.8 Å². The molecular weight excluding hydrogens is 208 g/mol. The van der Waals surface area contributed by atoms with E-state index in [0.717, 1.165) is 13.1 Å². The highest BCUT2D eigenvalue weighted by Crippen LogP contribution is 2.26. The van der Waals surface area contributed by atoms with Crippen molar-refractivity contribution in [1.29, 1.82) is 0 Å². The Morgan fingerprint density at radius 3 is 2.53 bits per heavy atom. The third-order valence-corrected chi connectivity index (χ3v) is 3.73. The van der Waals surface area contributed by atoms with Crippen molar-refractivity contribution in [2.24, 2.45) is 11.7 Å². The number of nitrogens with one attached hydrogen (secondary N) is 1.